The number of carboxylic acid groups (broad SMARTS) is 1. The van der Waals surface area contributed by atoms with Gasteiger partial charge in [0.15, 0.2) is 0 Å². The number of benzene rings is 2. The maximum absolute atomic E-state index is 12.0. The van der Waals surface area contributed by atoms with Gasteiger partial charge < -0.3 is 10.4 Å². The van der Waals surface area contributed by atoms with E-state index >= 15 is 0 Å². The fourth-order valence-electron chi connectivity index (χ4n) is 2.86. The average Bonchev–Trinajstić information content (AvgIpc) is 2.66. The molecule has 0 radical (unpaired) electrons. The Labute approximate surface area is 165 Å². The first-order valence-corrected chi connectivity index (χ1v) is 9.76. The van der Waals surface area contributed by atoms with Crippen LogP contribution in [0.5, 0.6) is 0 Å². The number of aliphatic carboxylic acids is 1. The van der Waals surface area contributed by atoms with Gasteiger partial charge in [0.25, 0.3) is 5.91 Å². The molecule has 0 aliphatic carbocycles. The Hall–Kier alpha value is -2.33. The number of hydrogen-bond donors (Lipinski definition) is 2. The molecule has 2 aromatic carbocycles. The maximum atomic E-state index is 12.0. The monoisotopic (exact) mass is 387 g/mol. The van der Waals surface area contributed by atoms with Crippen LogP contribution >= 0.6 is 11.6 Å². The molecule has 0 aliphatic rings. The van der Waals surface area contributed by atoms with Crippen LogP contribution in [0.2, 0.25) is 5.02 Å². The van der Waals surface area contributed by atoms with Gasteiger partial charge in [-0.05, 0) is 61.1 Å². The van der Waals surface area contributed by atoms with Crippen molar-refractivity contribution >= 4 is 23.5 Å². The summed E-state index contributed by atoms with van der Waals surface area (Å²) in [6, 6.07) is 15.3. The molecule has 0 aromatic heterocycles. The van der Waals surface area contributed by atoms with E-state index in [1.807, 2.05) is 0 Å². The number of carboxylic acids is 1. The van der Waals surface area contributed by atoms with Crippen molar-refractivity contribution in [2.45, 2.75) is 44.9 Å². The van der Waals surface area contributed by atoms with E-state index in [1.165, 1.54) is 11.1 Å². The van der Waals surface area contributed by atoms with E-state index in [0.717, 1.165) is 38.5 Å². The minimum absolute atomic E-state index is 0.0915. The number of carbonyl (C=O) groups is 2. The second-order valence-corrected chi connectivity index (χ2v) is 7.07. The molecule has 0 bridgehead atoms. The molecule has 5 heteroatoms. The molecule has 0 unspecified atom stereocenters. The molecule has 0 heterocycles. The van der Waals surface area contributed by atoms with Crippen LogP contribution in [0.3, 0.4) is 0 Å². The van der Waals surface area contributed by atoms with Gasteiger partial charge in [0.2, 0.25) is 0 Å². The summed E-state index contributed by atoms with van der Waals surface area (Å²) >= 11 is 5.83. The van der Waals surface area contributed by atoms with Crippen LogP contribution in [0, 0.1) is 0 Å². The van der Waals surface area contributed by atoms with E-state index in [4.69, 9.17) is 16.7 Å². The van der Waals surface area contributed by atoms with Crippen molar-refractivity contribution < 1.29 is 14.7 Å². The predicted molar refractivity (Wildman–Crippen MR) is 108 cm³/mol. The second kappa shape index (κ2) is 11.4. The van der Waals surface area contributed by atoms with Crippen molar-refractivity contribution in [1.82, 2.24) is 5.32 Å². The van der Waals surface area contributed by atoms with Crippen molar-refractivity contribution in [3.05, 3.63) is 70.2 Å². The highest BCUT2D eigenvalue weighted by Gasteiger charge is 2.04. The van der Waals surface area contributed by atoms with Crippen molar-refractivity contribution in [2.24, 2.45) is 0 Å². The molecule has 2 aromatic rings. The highest BCUT2D eigenvalue weighted by Crippen LogP contribution is 2.12. The zero-order chi connectivity index (χ0) is 19.5. The molecule has 2 N–H and O–H groups in total. The van der Waals surface area contributed by atoms with Crippen LogP contribution < -0.4 is 5.32 Å². The third-order valence-electron chi connectivity index (χ3n) is 4.43. The molecule has 1 amide bonds. The Bertz CT molecular complexity index is 726. The zero-order valence-electron chi connectivity index (χ0n) is 15.4. The van der Waals surface area contributed by atoms with Crippen molar-refractivity contribution in [3.63, 3.8) is 0 Å². The van der Waals surface area contributed by atoms with Crippen LogP contribution in [0.4, 0.5) is 0 Å². The van der Waals surface area contributed by atoms with Gasteiger partial charge in [-0.15, -0.1) is 0 Å². The van der Waals surface area contributed by atoms with Crippen LogP contribution in [0.15, 0.2) is 48.5 Å². The lowest BCUT2D eigenvalue weighted by atomic mass is 10.0. The van der Waals surface area contributed by atoms with Crippen molar-refractivity contribution in [2.75, 3.05) is 6.54 Å². The first kappa shape index (κ1) is 21.0. The fraction of sp³-hybridized carbons (Fsp3) is 0.364. The van der Waals surface area contributed by atoms with Gasteiger partial charge >= 0.3 is 5.97 Å². The fourth-order valence-corrected chi connectivity index (χ4v) is 2.98. The number of aryl methyl sites for hydroxylation is 1. The quantitative estimate of drug-likeness (QED) is 0.539. The average molecular weight is 388 g/mol. The van der Waals surface area contributed by atoms with Crippen molar-refractivity contribution in [1.29, 1.82) is 0 Å². The van der Waals surface area contributed by atoms with Crippen LogP contribution in [-0.2, 0) is 17.6 Å². The molecule has 0 aliphatic heterocycles. The van der Waals surface area contributed by atoms with Gasteiger partial charge in [0, 0.05) is 23.6 Å². The summed E-state index contributed by atoms with van der Waals surface area (Å²) in [6.07, 6.45) is 5.94. The second-order valence-electron chi connectivity index (χ2n) is 6.64. The number of unbranched alkanes of at least 4 members (excludes halogenated alkanes) is 3. The Morgan fingerprint density at radius 3 is 2.04 bits per heavy atom. The van der Waals surface area contributed by atoms with Gasteiger partial charge in [-0.1, -0.05) is 48.7 Å². The summed E-state index contributed by atoms with van der Waals surface area (Å²) < 4.78 is 0. The predicted octanol–water partition coefficient (Wildman–Crippen LogP) is 4.89. The maximum Gasteiger partial charge on any atom is 0.303 e. The van der Waals surface area contributed by atoms with E-state index < -0.39 is 5.97 Å². The van der Waals surface area contributed by atoms with Gasteiger partial charge in [-0.2, -0.15) is 0 Å². The zero-order valence-corrected chi connectivity index (χ0v) is 16.2. The third kappa shape index (κ3) is 8.27. The molecule has 2 rings (SSSR count). The smallest absolute Gasteiger partial charge is 0.303 e. The normalized spacial score (nSPS) is 10.6. The van der Waals surface area contributed by atoms with Crippen molar-refractivity contribution in [3.8, 4) is 0 Å². The van der Waals surface area contributed by atoms with E-state index in [1.54, 1.807) is 24.3 Å². The lowest BCUT2D eigenvalue weighted by Crippen LogP contribution is -2.25. The van der Waals surface area contributed by atoms with E-state index in [9.17, 15) is 9.59 Å². The number of nitrogens with one attached hydrogen (secondary N) is 1. The molecule has 0 saturated carbocycles. The highest BCUT2D eigenvalue weighted by molar-refractivity contribution is 6.30. The largest absolute Gasteiger partial charge is 0.481 e. The summed E-state index contributed by atoms with van der Waals surface area (Å²) in [6.45, 7) is 0.588. The Kier molecular flexibility index (Phi) is 8.85. The Morgan fingerprint density at radius 2 is 1.41 bits per heavy atom. The van der Waals surface area contributed by atoms with E-state index in [2.05, 4.69) is 29.6 Å². The summed E-state index contributed by atoms with van der Waals surface area (Å²) in [5.41, 5.74) is 3.09. The number of halogens is 1. The number of rotatable bonds is 11. The molecule has 0 fully saturated rings. The topological polar surface area (TPSA) is 66.4 Å². The minimum atomic E-state index is -0.713. The summed E-state index contributed by atoms with van der Waals surface area (Å²) in [7, 11) is 0. The summed E-state index contributed by atoms with van der Waals surface area (Å²) in [5.74, 6) is -0.805. The molecule has 27 heavy (non-hydrogen) atoms. The molecular formula is C22H26ClNO3. The number of carbonyl (C=O) groups excluding carboxylic acids is 1. The molecule has 0 atom stereocenters. The van der Waals surface area contributed by atoms with Gasteiger partial charge in [-0.25, -0.2) is 0 Å². The van der Waals surface area contributed by atoms with Gasteiger partial charge in [0.1, 0.15) is 0 Å². The van der Waals surface area contributed by atoms with Crippen LogP contribution in [0.25, 0.3) is 0 Å². The third-order valence-corrected chi connectivity index (χ3v) is 4.69. The first-order valence-electron chi connectivity index (χ1n) is 9.38. The van der Waals surface area contributed by atoms with E-state index in [0.29, 0.717) is 17.1 Å². The van der Waals surface area contributed by atoms with Gasteiger partial charge in [-0.3, -0.25) is 9.59 Å². The summed E-state index contributed by atoms with van der Waals surface area (Å²) in [4.78, 5) is 22.5. The lowest BCUT2D eigenvalue weighted by molar-refractivity contribution is -0.137. The molecule has 144 valence electrons. The standard InChI is InChI=1S/C22H26ClNO3/c23-20-13-11-19(12-14-20)22(27)24-16-15-18-9-7-17(8-10-18)5-3-1-2-4-6-21(25)26/h7-14H,1-6,15-16H2,(H,24,27)(H,25,26). The van der Waals surface area contributed by atoms with Crippen LogP contribution in [-0.4, -0.2) is 23.5 Å². The Balaban J connectivity index is 1.64. The number of amides is 1. The first-order chi connectivity index (χ1) is 13.0. The summed E-state index contributed by atoms with van der Waals surface area (Å²) in [5, 5.41) is 12.1. The molecule has 0 saturated heterocycles. The van der Waals surface area contributed by atoms with E-state index in [-0.39, 0.29) is 12.3 Å². The lowest BCUT2D eigenvalue weighted by Gasteiger charge is -2.07. The van der Waals surface area contributed by atoms with Gasteiger partial charge in [0.05, 0.1) is 0 Å². The minimum Gasteiger partial charge on any atom is -0.481 e. The Morgan fingerprint density at radius 1 is 0.815 bits per heavy atom. The SMILES string of the molecule is O=C(O)CCCCCCc1ccc(CCNC(=O)c2ccc(Cl)cc2)cc1. The van der Waals surface area contributed by atoms with Crippen LogP contribution in [0.1, 0.15) is 53.6 Å². The molecule has 0 spiro atoms. The molecule has 4 nitrogen and oxygen atoms in total. The molecular weight excluding hydrogens is 362 g/mol. The number of hydrogen-bond acceptors (Lipinski definition) is 2. The highest BCUT2D eigenvalue weighted by atomic mass is 35.5.